The lowest BCUT2D eigenvalue weighted by Crippen LogP contribution is -2.49. The van der Waals surface area contributed by atoms with Gasteiger partial charge in [-0.25, -0.2) is 4.79 Å². The van der Waals surface area contributed by atoms with E-state index >= 15 is 0 Å². The van der Waals surface area contributed by atoms with Crippen LogP contribution in [0.25, 0.3) is 0 Å². The summed E-state index contributed by atoms with van der Waals surface area (Å²) in [6.45, 7) is 6.93. The highest BCUT2D eigenvalue weighted by molar-refractivity contribution is 5.75. The van der Waals surface area contributed by atoms with E-state index in [0.29, 0.717) is 19.7 Å². The van der Waals surface area contributed by atoms with E-state index in [-0.39, 0.29) is 18.7 Å². The Balaban J connectivity index is 2.37. The zero-order valence-electron chi connectivity index (χ0n) is 12.5. The number of morpholine rings is 1. The van der Waals surface area contributed by atoms with Crippen molar-refractivity contribution in [3.8, 4) is 0 Å². The number of carboxylic acid groups (broad SMARTS) is 1. The Bertz CT molecular complexity index is 338. The van der Waals surface area contributed by atoms with E-state index in [0.717, 1.165) is 13.1 Å². The van der Waals surface area contributed by atoms with Crippen LogP contribution in [-0.2, 0) is 9.53 Å². The molecule has 1 fully saturated rings. The van der Waals surface area contributed by atoms with Crippen LogP contribution >= 0.6 is 0 Å². The summed E-state index contributed by atoms with van der Waals surface area (Å²) >= 11 is 0. The molecule has 0 saturated carbocycles. The lowest BCUT2D eigenvalue weighted by Gasteiger charge is -2.31. The van der Waals surface area contributed by atoms with Gasteiger partial charge in [0, 0.05) is 32.7 Å². The van der Waals surface area contributed by atoms with E-state index in [1.807, 2.05) is 14.0 Å². The highest BCUT2D eigenvalue weighted by Gasteiger charge is 2.22. The minimum Gasteiger partial charge on any atom is -0.481 e. The molecule has 2 N–H and O–H groups in total. The van der Waals surface area contributed by atoms with Crippen molar-refractivity contribution in [1.82, 2.24) is 15.1 Å². The second-order valence-corrected chi connectivity index (χ2v) is 5.22. The van der Waals surface area contributed by atoms with Gasteiger partial charge >= 0.3 is 12.0 Å². The molecule has 116 valence electrons. The first-order valence-corrected chi connectivity index (χ1v) is 6.99. The summed E-state index contributed by atoms with van der Waals surface area (Å²) in [5, 5.41) is 11.7. The third kappa shape index (κ3) is 5.34. The molecule has 7 heteroatoms. The first-order chi connectivity index (χ1) is 9.43. The minimum atomic E-state index is -0.895. The number of hydrogen-bond donors (Lipinski definition) is 2. The molecule has 0 radical (unpaired) electrons. The van der Waals surface area contributed by atoms with Gasteiger partial charge in [-0.15, -0.1) is 0 Å². The summed E-state index contributed by atoms with van der Waals surface area (Å²) in [5.41, 5.74) is 0. The molecule has 1 aliphatic heterocycles. The molecule has 1 aliphatic rings. The van der Waals surface area contributed by atoms with Gasteiger partial charge < -0.3 is 25.0 Å². The van der Waals surface area contributed by atoms with Gasteiger partial charge in [-0.1, -0.05) is 6.92 Å². The van der Waals surface area contributed by atoms with Crippen molar-refractivity contribution in [1.29, 1.82) is 0 Å². The fourth-order valence-electron chi connectivity index (χ4n) is 2.07. The fraction of sp³-hybridized carbons (Fsp3) is 0.846. The monoisotopic (exact) mass is 287 g/mol. The minimum absolute atomic E-state index is 0.00620. The molecule has 7 nitrogen and oxygen atoms in total. The molecular formula is C13H25N3O4. The Morgan fingerprint density at radius 3 is 2.80 bits per heavy atom. The van der Waals surface area contributed by atoms with Gasteiger partial charge in [-0.3, -0.25) is 4.79 Å². The maximum absolute atomic E-state index is 12.0. The lowest BCUT2D eigenvalue weighted by atomic mass is 10.2. The van der Waals surface area contributed by atoms with Crippen LogP contribution in [0.1, 0.15) is 13.8 Å². The third-order valence-corrected chi connectivity index (χ3v) is 3.41. The van der Waals surface area contributed by atoms with Crippen LogP contribution in [0.2, 0.25) is 0 Å². The molecule has 20 heavy (non-hydrogen) atoms. The largest absolute Gasteiger partial charge is 0.481 e. The highest BCUT2D eigenvalue weighted by Crippen LogP contribution is 2.03. The fourth-order valence-corrected chi connectivity index (χ4v) is 2.07. The number of urea groups is 1. The van der Waals surface area contributed by atoms with Crippen LogP contribution in [0.15, 0.2) is 0 Å². The van der Waals surface area contributed by atoms with E-state index in [1.165, 1.54) is 4.90 Å². The third-order valence-electron chi connectivity index (χ3n) is 3.41. The molecule has 0 aromatic heterocycles. The molecule has 1 heterocycles. The number of ether oxygens (including phenoxy) is 1. The molecule has 0 bridgehead atoms. The summed E-state index contributed by atoms with van der Waals surface area (Å²) in [4.78, 5) is 26.5. The van der Waals surface area contributed by atoms with E-state index in [1.54, 1.807) is 6.92 Å². The molecule has 1 rings (SSSR count). The zero-order valence-corrected chi connectivity index (χ0v) is 12.5. The van der Waals surface area contributed by atoms with Crippen molar-refractivity contribution in [3.63, 3.8) is 0 Å². The maximum Gasteiger partial charge on any atom is 0.317 e. The van der Waals surface area contributed by atoms with Gasteiger partial charge in [0.25, 0.3) is 0 Å². The number of carbonyl (C=O) groups excluding carboxylic acids is 1. The molecule has 2 unspecified atom stereocenters. The zero-order chi connectivity index (χ0) is 15.1. The van der Waals surface area contributed by atoms with Gasteiger partial charge in [0.2, 0.25) is 0 Å². The lowest BCUT2D eigenvalue weighted by molar-refractivity contribution is -0.141. The smallest absolute Gasteiger partial charge is 0.317 e. The number of aliphatic carboxylic acids is 1. The average molecular weight is 287 g/mol. The van der Waals surface area contributed by atoms with Crippen molar-refractivity contribution in [2.24, 2.45) is 5.92 Å². The summed E-state index contributed by atoms with van der Waals surface area (Å²) in [5.74, 6) is -1.47. The number of rotatable bonds is 6. The molecule has 2 amide bonds. The second kappa shape index (κ2) is 8.06. The summed E-state index contributed by atoms with van der Waals surface area (Å²) in [6.07, 6.45) is -0.00620. The maximum atomic E-state index is 12.0. The summed E-state index contributed by atoms with van der Waals surface area (Å²) in [6, 6.07) is -0.238. The van der Waals surface area contributed by atoms with Crippen LogP contribution in [0, 0.1) is 5.92 Å². The van der Waals surface area contributed by atoms with Gasteiger partial charge in [0.05, 0.1) is 18.6 Å². The van der Waals surface area contributed by atoms with E-state index in [2.05, 4.69) is 10.2 Å². The molecule has 0 aromatic carbocycles. The molecular weight excluding hydrogens is 262 g/mol. The van der Waals surface area contributed by atoms with Crippen LogP contribution in [0.5, 0.6) is 0 Å². The average Bonchev–Trinajstić information content (AvgIpc) is 2.41. The number of nitrogens with one attached hydrogen (secondary N) is 1. The Kier molecular flexibility index (Phi) is 6.74. The van der Waals surface area contributed by atoms with Gasteiger partial charge in [-0.05, 0) is 14.0 Å². The van der Waals surface area contributed by atoms with Crippen molar-refractivity contribution >= 4 is 12.0 Å². The number of hydrogen-bond acceptors (Lipinski definition) is 4. The summed E-state index contributed by atoms with van der Waals surface area (Å²) < 4.78 is 5.56. The quantitative estimate of drug-likeness (QED) is 0.722. The molecule has 0 spiro atoms. The van der Waals surface area contributed by atoms with Crippen LogP contribution < -0.4 is 5.32 Å². The number of likely N-dealkylation sites (N-methyl/N-ethyl adjacent to an activating group) is 1. The normalized spacial score (nSPS) is 21.2. The topological polar surface area (TPSA) is 82.1 Å². The summed E-state index contributed by atoms with van der Waals surface area (Å²) in [7, 11) is 2.02. The number of nitrogens with zero attached hydrogens (tertiary/aromatic N) is 2. The standard InChI is InChI=1S/C13H25N3O4/c1-4-16(8-10(2)12(17)18)13(19)14-7-11-9-15(3)5-6-20-11/h10-11H,4-9H2,1-3H3,(H,14,19)(H,17,18). The Hall–Kier alpha value is -1.34. The van der Waals surface area contributed by atoms with E-state index < -0.39 is 11.9 Å². The van der Waals surface area contributed by atoms with Crippen LogP contribution in [0.3, 0.4) is 0 Å². The van der Waals surface area contributed by atoms with E-state index in [4.69, 9.17) is 9.84 Å². The van der Waals surface area contributed by atoms with Gasteiger partial charge in [0.15, 0.2) is 0 Å². The molecule has 1 saturated heterocycles. The van der Waals surface area contributed by atoms with Crippen molar-refractivity contribution < 1.29 is 19.4 Å². The first kappa shape index (κ1) is 16.7. The van der Waals surface area contributed by atoms with Crippen molar-refractivity contribution in [2.45, 2.75) is 20.0 Å². The SMILES string of the molecule is CCN(CC(C)C(=O)O)C(=O)NCC1CN(C)CCO1. The van der Waals surface area contributed by atoms with Crippen molar-refractivity contribution in [3.05, 3.63) is 0 Å². The first-order valence-electron chi connectivity index (χ1n) is 6.99. The predicted molar refractivity (Wildman–Crippen MR) is 74.7 cm³/mol. The predicted octanol–water partition coefficient (Wildman–Crippen LogP) is 0.0692. The Labute approximate surface area is 119 Å². The molecule has 2 atom stereocenters. The molecule has 0 aromatic rings. The van der Waals surface area contributed by atoms with E-state index in [9.17, 15) is 9.59 Å². The van der Waals surface area contributed by atoms with Crippen molar-refractivity contribution in [2.75, 3.05) is 46.4 Å². The van der Waals surface area contributed by atoms with Crippen LogP contribution in [-0.4, -0.2) is 79.4 Å². The second-order valence-electron chi connectivity index (χ2n) is 5.22. The number of carboxylic acids is 1. The molecule has 0 aliphatic carbocycles. The number of carbonyl (C=O) groups is 2. The van der Waals surface area contributed by atoms with Crippen LogP contribution in [0.4, 0.5) is 4.79 Å². The Morgan fingerprint density at radius 2 is 2.25 bits per heavy atom. The highest BCUT2D eigenvalue weighted by atomic mass is 16.5. The number of amides is 2. The van der Waals surface area contributed by atoms with Gasteiger partial charge in [-0.2, -0.15) is 0 Å². The Morgan fingerprint density at radius 1 is 1.55 bits per heavy atom. The van der Waals surface area contributed by atoms with Gasteiger partial charge in [0.1, 0.15) is 0 Å².